The number of rotatable bonds is 6. The Labute approximate surface area is 179 Å². The van der Waals surface area contributed by atoms with Gasteiger partial charge in [-0.05, 0) is 30.7 Å². The van der Waals surface area contributed by atoms with Crippen LogP contribution >= 0.6 is 0 Å². The Hall–Kier alpha value is -4.00. The number of amides is 2. The van der Waals surface area contributed by atoms with Crippen molar-refractivity contribution in [2.75, 3.05) is 31.3 Å². The van der Waals surface area contributed by atoms with Crippen molar-refractivity contribution < 1.29 is 18.7 Å². The second kappa shape index (κ2) is 8.39. The Bertz CT molecular complexity index is 1290. The molecule has 0 saturated carbocycles. The van der Waals surface area contributed by atoms with Crippen LogP contribution in [0.15, 0.2) is 59.0 Å². The summed E-state index contributed by atoms with van der Waals surface area (Å²) in [5.41, 5.74) is 3.86. The van der Waals surface area contributed by atoms with Crippen LogP contribution in [0.1, 0.15) is 15.9 Å². The second-order valence-corrected chi connectivity index (χ2v) is 7.13. The first kappa shape index (κ1) is 20.3. The van der Waals surface area contributed by atoms with Gasteiger partial charge in [0.25, 0.3) is 5.91 Å². The summed E-state index contributed by atoms with van der Waals surface area (Å²) < 4.78 is 11.4. The molecule has 1 aromatic heterocycles. The summed E-state index contributed by atoms with van der Waals surface area (Å²) in [5, 5.41) is 10.4. The summed E-state index contributed by atoms with van der Waals surface area (Å²) in [4.78, 5) is 24.8. The van der Waals surface area contributed by atoms with Gasteiger partial charge in [0.2, 0.25) is 5.91 Å². The molecule has 0 radical (unpaired) electrons. The molecule has 31 heavy (non-hydrogen) atoms. The Kier molecular flexibility index (Phi) is 5.49. The summed E-state index contributed by atoms with van der Waals surface area (Å²) in [6, 6.07) is 16.8. The fraction of sp³-hybridized carbons (Fsp3) is 0.167. The highest BCUT2D eigenvalue weighted by atomic mass is 16.5. The highest BCUT2D eigenvalue weighted by Gasteiger charge is 2.16. The molecule has 0 fully saturated rings. The third-order valence-electron chi connectivity index (χ3n) is 5.14. The Morgan fingerprint density at radius 3 is 2.55 bits per heavy atom. The average molecular weight is 417 g/mol. The zero-order valence-corrected chi connectivity index (χ0v) is 17.5. The van der Waals surface area contributed by atoms with E-state index in [1.807, 2.05) is 49.4 Å². The minimum atomic E-state index is -0.280. The van der Waals surface area contributed by atoms with Gasteiger partial charge in [-0.15, -0.1) is 0 Å². The number of nitrogens with one attached hydrogen (secondary N) is 3. The lowest BCUT2D eigenvalue weighted by Gasteiger charge is -2.14. The van der Waals surface area contributed by atoms with Crippen molar-refractivity contribution >= 4 is 45.1 Å². The van der Waals surface area contributed by atoms with Crippen molar-refractivity contribution in [3.05, 3.63) is 65.7 Å². The van der Waals surface area contributed by atoms with E-state index in [0.29, 0.717) is 28.3 Å². The van der Waals surface area contributed by atoms with E-state index < -0.39 is 0 Å². The van der Waals surface area contributed by atoms with Crippen molar-refractivity contribution in [2.45, 2.75) is 6.92 Å². The number of fused-ring (bicyclic) bond motifs is 3. The topological polar surface area (TPSA) is 92.6 Å². The van der Waals surface area contributed by atoms with Crippen molar-refractivity contribution in [2.24, 2.45) is 0 Å². The molecule has 0 spiro atoms. The summed E-state index contributed by atoms with van der Waals surface area (Å²) in [6.07, 6.45) is 0. The van der Waals surface area contributed by atoms with E-state index in [2.05, 4.69) is 16.0 Å². The van der Waals surface area contributed by atoms with Gasteiger partial charge >= 0.3 is 0 Å². The zero-order chi connectivity index (χ0) is 22.0. The maximum atomic E-state index is 12.6. The van der Waals surface area contributed by atoms with Crippen molar-refractivity contribution in [1.82, 2.24) is 5.32 Å². The van der Waals surface area contributed by atoms with Crippen LogP contribution in [-0.2, 0) is 4.79 Å². The van der Waals surface area contributed by atoms with Crippen molar-refractivity contribution in [1.29, 1.82) is 0 Å². The van der Waals surface area contributed by atoms with Crippen LogP contribution < -0.4 is 20.7 Å². The number of ether oxygens (including phenoxy) is 1. The average Bonchev–Trinajstić information content (AvgIpc) is 3.14. The molecule has 0 saturated heterocycles. The summed E-state index contributed by atoms with van der Waals surface area (Å²) >= 11 is 0. The smallest absolute Gasteiger partial charge is 0.253 e. The van der Waals surface area contributed by atoms with Crippen LogP contribution in [0.4, 0.5) is 11.4 Å². The minimum absolute atomic E-state index is 0.0191. The third kappa shape index (κ3) is 3.90. The number of anilines is 2. The first-order valence-electron chi connectivity index (χ1n) is 9.86. The van der Waals surface area contributed by atoms with Gasteiger partial charge in [0, 0.05) is 29.6 Å². The first-order valence-corrected chi connectivity index (χ1v) is 9.86. The lowest BCUT2D eigenvalue weighted by atomic mass is 10.1. The normalized spacial score (nSPS) is 10.8. The molecule has 0 aliphatic rings. The molecule has 1 heterocycles. The van der Waals surface area contributed by atoms with Crippen LogP contribution in [0.2, 0.25) is 0 Å². The van der Waals surface area contributed by atoms with Gasteiger partial charge in [-0.25, -0.2) is 0 Å². The number of carbonyl (C=O) groups is 2. The summed E-state index contributed by atoms with van der Waals surface area (Å²) in [6.45, 7) is 1.83. The van der Waals surface area contributed by atoms with Crippen LogP contribution in [0.5, 0.6) is 5.75 Å². The van der Waals surface area contributed by atoms with E-state index >= 15 is 0 Å². The van der Waals surface area contributed by atoms with Gasteiger partial charge in [-0.1, -0.05) is 30.3 Å². The maximum Gasteiger partial charge on any atom is 0.253 e. The van der Waals surface area contributed by atoms with Gasteiger partial charge in [0.1, 0.15) is 16.9 Å². The molecule has 7 nitrogen and oxygen atoms in total. The Morgan fingerprint density at radius 1 is 0.968 bits per heavy atom. The van der Waals surface area contributed by atoms with Gasteiger partial charge in [-0.3, -0.25) is 9.59 Å². The van der Waals surface area contributed by atoms with E-state index in [1.54, 1.807) is 26.3 Å². The first-order chi connectivity index (χ1) is 15.0. The van der Waals surface area contributed by atoms with Crippen molar-refractivity contribution in [3.63, 3.8) is 0 Å². The summed E-state index contributed by atoms with van der Waals surface area (Å²) in [7, 11) is 3.13. The number of aryl methyl sites for hydroxylation is 1. The van der Waals surface area contributed by atoms with Crippen LogP contribution in [0.3, 0.4) is 0 Å². The molecule has 2 amide bonds. The van der Waals surface area contributed by atoms with Gasteiger partial charge in [0.15, 0.2) is 0 Å². The van der Waals surface area contributed by atoms with E-state index in [9.17, 15) is 9.59 Å². The van der Waals surface area contributed by atoms with E-state index in [4.69, 9.17) is 9.15 Å². The number of para-hydroxylation sites is 1. The minimum Gasteiger partial charge on any atom is -0.495 e. The predicted octanol–water partition coefficient (Wildman–Crippen LogP) is 4.31. The highest BCUT2D eigenvalue weighted by molar-refractivity contribution is 6.08. The quantitative estimate of drug-likeness (QED) is 0.435. The molecular weight excluding hydrogens is 394 g/mol. The Balaban J connectivity index is 1.56. The molecule has 0 aliphatic carbocycles. The largest absolute Gasteiger partial charge is 0.495 e. The van der Waals surface area contributed by atoms with E-state index in [-0.39, 0.29) is 18.4 Å². The second-order valence-electron chi connectivity index (χ2n) is 7.13. The number of furan rings is 1. The fourth-order valence-electron chi connectivity index (χ4n) is 3.63. The monoisotopic (exact) mass is 417 g/mol. The predicted molar refractivity (Wildman–Crippen MR) is 122 cm³/mol. The number of carbonyl (C=O) groups excluding carboxylic acids is 2. The van der Waals surface area contributed by atoms with Gasteiger partial charge in [0.05, 0.1) is 24.9 Å². The number of hydrogen-bond acceptors (Lipinski definition) is 5. The third-order valence-corrected chi connectivity index (χ3v) is 5.14. The molecule has 4 rings (SSSR count). The molecule has 0 aliphatic heterocycles. The molecule has 3 aromatic carbocycles. The highest BCUT2D eigenvalue weighted by Crippen LogP contribution is 2.36. The van der Waals surface area contributed by atoms with E-state index in [1.165, 1.54) is 0 Å². The fourth-order valence-corrected chi connectivity index (χ4v) is 3.63. The van der Waals surface area contributed by atoms with Crippen LogP contribution in [0.25, 0.3) is 21.9 Å². The Morgan fingerprint density at radius 2 is 1.77 bits per heavy atom. The lowest BCUT2D eigenvalue weighted by Crippen LogP contribution is -2.25. The summed E-state index contributed by atoms with van der Waals surface area (Å²) in [5.74, 6) is 0.0464. The molecular formula is C24H23N3O4. The molecule has 3 N–H and O–H groups in total. The molecule has 0 atom stereocenters. The molecule has 158 valence electrons. The molecule has 7 heteroatoms. The molecule has 0 bridgehead atoms. The standard InChI is InChI=1S/C24H23N3O4/c1-14-7-6-9-17(23(14)24(29)25-2)26-13-22(28)27-18-12-20-16(11-21(18)30-3)15-8-4-5-10-19(15)31-20/h4-12,26H,13H2,1-3H3,(H,25,29)(H,27,28). The van der Waals surface area contributed by atoms with Crippen LogP contribution in [0, 0.1) is 6.92 Å². The van der Waals surface area contributed by atoms with Crippen LogP contribution in [-0.4, -0.2) is 32.5 Å². The maximum absolute atomic E-state index is 12.6. The molecule has 0 unspecified atom stereocenters. The number of methoxy groups -OCH3 is 1. The zero-order valence-electron chi connectivity index (χ0n) is 17.5. The molecule has 4 aromatic rings. The van der Waals surface area contributed by atoms with Gasteiger partial charge in [-0.2, -0.15) is 0 Å². The number of benzene rings is 3. The number of hydrogen-bond donors (Lipinski definition) is 3. The lowest BCUT2D eigenvalue weighted by molar-refractivity contribution is -0.114. The van der Waals surface area contributed by atoms with E-state index in [0.717, 1.165) is 21.9 Å². The SMILES string of the molecule is CNC(=O)c1c(C)cccc1NCC(=O)Nc1cc2oc3ccccc3c2cc1OC. The van der Waals surface area contributed by atoms with Gasteiger partial charge < -0.3 is 25.1 Å². The van der Waals surface area contributed by atoms with Crippen molar-refractivity contribution in [3.8, 4) is 5.75 Å².